The number of hydrogen-bond acceptors (Lipinski definition) is 2. The van der Waals surface area contributed by atoms with Crippen molar-refractivity contribution in [1.29, 1.82) is 0 Å². The van der Waals surface area contributed by atoms with Crippen LogP contribution < -0.4 is 0 Å². The molecule has 0 saturated heterocycles. The average molecular weight is 220 g/mol. The van der Waals surface area contributed by atoms with Crippen LogP contribution in [-0.2, 0) is 16.1 Å². The van der Waals surface area contributed by atoms with Crippen LogP contribution in [0.5, 0.6) is 0 Å². The van der Waals surface area contributed by atoms with Crippen LogP contribution in [0.1, 0.15) is 25.8 Å². The summed E-state index contributed by atoms with van der Waals surface area (Å²) in [5.41, 5.74) is 2.50. The van der Waals surface area contributed by atoms with E-state index < -0.39 is 0 Å². The number of allylic oxidation sites excluding steroid dienone is 1. The Hall–Kier alpha value is -1.12. The predicted octanol–water partition coefficient (Wildman–Crippen LogP) is 3.53. The second kappa shape index (κ2) is 8.08. The van der Waals surface area contributed by atoms with Gasteiger partial charge in [0.2, 0.25) is 0 Å². The van der Waals surface area contributed by atoms with Crippen LogP contribution in [-0.4, -0.2) is 13.4 Å². The summed E-state index contributed by atoms with van der Waals surface area (Å²) in [6.07, 6.45) is 3.12. The molecule has 0 spiro atoms. The highest BCUT2D eigenvalue weighted by atomic mass is 16.7. The van der Waals surface area contributed by atoms with Gasteiger partial charge in [-0.3, -0.25) is 0 Å². The summed E-state index contributed by atoms with van der Waals surface area (Å²) >= 11 is 0. The zero-order valence-corrected chi connectivity index (χ0v) is 10.1. The molecule has 0 aliphatic heterocycles. The molecule has 1 rings (SSSR count). The zero-order chi connectivity index (χ0) is 11.6. The fourth-order valence-corrected chi connectivity index (χ4v) is 1.28. The third kappa shape index (κ3) is 6.38. The minimum Gasteiger partial charge on any atom is -0.355 e. The van der Waals surface area contributed by atoms with Gasteiger partial charge in [0.05, 0.1) is 13.2 Å². The first-order valence-electron chi connectivity index (χ1n) is 5.62. The Bertz CT molecular complexity index is 300. The van der Waals surface area contributed by atoms with Crippen molar-refractivity contribution in [3.63, 3.8) is 0 Å². The first-order valence-corrected chi connectivity index (χ1v) is 5.62. The van der Waals surface area contributed by atoms with E-state index in [-0.39, 0.29) is 0 Å². The van der Waals surface area contributed by atoms with Gasteiger partial charge in [-0.25, -0.2) is 0 Å². The third-order valence-corrected chi connectivity index (χ3v) is 2.09. The Labute approximate surface area is 97.9 Å². The molecule has 0 aliphatic carbocycles. The second-order valence-electron chi connectivity index (χ2n) is 3.93. The molecule has 0 saturated carbocycles. The highest BCUT2D eigenvalue weighted by molar-refractivity contribution is 5.13. The van der Waals surface area contributed by atoms with Crippen LogP contribution in [0.4, 0.5) is 0 Å². The van der Waals surface area contributed by atoms with E-state index in [9.17, 15) is 0 Å². The highest BCUT2D eigenvalue weighted by Crippen LogP contribution is 2.00. The first kappa shape index (κ1) is 12.9. The van der Waals surface area contributed by atoms with Gasteiger partial charge in [-0.2, -0.15) is 0 Å². The van der Waals surface area contributed by atoms with Gasteiger partial charge in [-0.1, -0.05) is 42.0 Å². The molecule has 0 radical (unpaired) electrons. The predicted molar refractivity (Wildman–Crippen MR) is 66.1 cm³/mol. The summed E-state index contributed by atoms with van der Waals surface area (Å²) in [5.74, 6) is 0. The number of benzene rings is 1. The Morgan fingerprint density at radius 1 is 1.12 bits per heavy atom. The quantitative estimate of drug-likeness (QED) is 0.397. The molecule has 0 N–H and O–H groups in total. The largest absolute Gasteiger partial charge is 0.355 e. The fourth-order valence-electron chi connectivity index (χ4n) is 1.28. The van der Waals surface area contributed by atoms with E-state index >= 15 is 0 Å². The van der Waals surface area contributed by atoms with Crippen LogP contribution in [0.15, 0.2) is 42.0 Å². The van der Waals surface area contributed by atoms with Crippen molar-refractivity contribution in [2.24, 2.45) is 0 Å². The summed E-state index contributed by atoms with van der Waals surface area (Å²) in [4.78, 5) is 0. The molecule has 1 aromatic rings. The molecule has 0 aromatic heterocycles. The molecule has 0 heterocycles. The molecule has 1 aromatic carbocycles. The molecule has 16 heavy (non-hydrogen) atoms. The summed E-state index contributed by atoms with van der Waals surface area (Å²) in [6, 6.07) is 10.1. The van der Waals surface area contributed by atoms with Crippen LogP contribution in [0, 0.1) is 0 Å². The van der Waals surface area contributed by atoms with Crippen molar-refractivity contribution < 1.29 is 9.47 Å². The van der Waals surface area contributed by atoms with Crippen molar-refractivity contribution in [2.45, 2.75) is 26.9 Å². The van der Waals surface area contributed by atoms with E-state index in [4.69, 9.17) is 9.47 Å². The lowest BCUT2D eigenvalue weighted by Crippen LogP contribution is -2.01. The molecule has 0 aliphatic rings. The van der Waals surface area contributed by atoms with Crippen LogP contribution in [0.2, 0.25) is 0 Å². The molecule has 0 fully saturated rings. The van der Waals surface area contributed by atoms with Crippen LogP contribution >= 0.6 is 0 Å². The highest BCUT2D eigenvalue weighted by Gasteiger charge is 1.91. The van der Waals surface area contributed by atoms with Crippen LogP contribution in [0.25, 0.3) is 0 Å². The summed E-state index contributed by atoms with van der Waals surface area (Å²) < 4.78 is 10.7. The Kier molecular flexibility index (Phi) is 6.54. The summed E-state index contributed by atoms with van der Waals surface area (Å²) in [6.45, 7) is 5.88. The SMILES string of the molecule is CC(C)=CCCOCOCc1ccccc1. The fraction of sp³-hybridized carbons (Fsp3) is 0.429. The monoisotopic (exact) mass is 220 g/mol. The van der Waals surface area contributed by atoms with Gasteiger partial charge in [0.25, 0.3) is 0 Å². The maximum Gasteiger partial charge on any atom is 0.147 e. The van der Waals surface area contributed by atoms with Gasteiger partial charge in [0, 0.05) is 0 Å². The summed E-state index contributed by atoms with van der Waals surface area (Å²) in [5, 5.41) is 0. The number of hydrogen-bond donors (Lipinski definition) is 0. The maximum atomic E-state index is 5.38. The Balaban J connectivity index is 1.98. The van der Waals surface area contributed by atoms with Gasteiger partial charge in [-0.15, -0.1) is 0 Å². The van der Waals surface area contributed by atoms with Crippen molar-refractivity contribution in [1.82, 2.24) is 0 Å². The lowest BCUT2D eigenvalue weighted by Gasteiger charge is -2.04. The minimum absolute atomic E-state index is 0.367. The maximum absolute atomic E-state index is 5.38. The van der Waals surface area contributed by atoms with Crippen molar-refractivity contribution in [3.05, 3.63) is 47.5 Å². The molecule has 0 bridgehead atoms. The lowest BCUT2D eigenvalue weighted by molar-refractivity contribution is -0.0600. The lowest BCUT2D eigenvalue weighted by atomic mass is 10.2. The van der Waals surface area contributed by atoms with Gasteiger partial charge in [0.15, 0.2) is 0 Å². The van der Waals surface area contributed by atoms with E-state index in [1.165, 1.54) is 11.1 Å². The van der Waals surface area contributed by atoms with E-state index in [1.807, 2.05) is 30.3 Å². The van der Waals surface area contributed by atoms with Crippen molar-refractivity contribution in [3.8, 4) is 0 Å². The smallest absolute Gasteiger partial charge is 0.147 e. The Morgan fingerprint density at radius 3 is 2.56 bits per heavy atom. The van der Waals surface area contributed by atoms with E-state index in [0.717, 1.165) is 13.0 Å². The van der Waals surface area contributed by atoms with Gasteiger partial charge >= 0.3 is 0 Å². The van der Waals surface area contributed by atoms with Crippen molar-refractivity contribution in [2.75, 3.05) is 13.4 Å². The average Bonchev–Trinajstić information content (AvgIpc) is 2.29. The second-order valence-corrected chi connectivity index (χ2v) is 3.93. The molecule has 2 heteroatoms. The standard InChI is InChI=1S/C14H20O2/c1-13(2)7-6-10-15-12-16-11-14-8-4-3-5-9-14/h3-5,7-9H,6,10-12H2,1-2H3. The number of rotatable bonds is 7. The van der Waals surface area contributed by atoms with Crippen molar-refractivity contribution >= 4 is 0 Å². The van der Waals surface area contributed by atoms with Gasteiger partial charge < -0.3 is 9.47 Å². The Morgan fingerprint density at radius 2 is 1.88 bits per heavy atom. The molecule has 0 amide bonds. The first-order chi connectivity index (χ1) is 7.79. The molecule has 88 valence electrons. The van der Waals surface area contributed by atoms with E-state index in [2.05, 4.69) is 19.9 Å². The minimum atomic E-state index is 0.367. The molecular formula is C14H20O2. The van der Waals surface area contributed by atoms with Gasteiger partial charge in [0.1, 0.15) is 6.79 Å². The zero-order valence-electron chi connectivity index (χ0n) is 10.1. The normalized spacial score (nSPS) is 10.1. The molecule has 0 unspecified atom stereocenters. The molecule has 0 atom stereocenters. The summed E-state index contributed by atoms with van der Waals surface area (Å²) in [7, 11) is 0. The third-order valence-electron chi connectivity index (χ3n) is 2.09. The van der Waals surface area contributed by atoms with Crippen LogP contribution in [0.3, 0.4) is 0 Å². The molecular weight excluding hydrogens is 200 g/mol. The topological polar surface area (TPSA) is 18.5 Å². The number of ether oxygens (including phenoxy) is 2. The van der Waals surface area contributed by atoms with E-state index in [1.54, 1.807) is 0 Å². The van der Waals surface area contributed by atoms with E-state index in [0.29, 0.717) is 13.4 Å². The van der Waals surface area contributed by atoms with Gasteiger partial charge in [-0.05, 0) is 25.8 Å². The molecule has 2 nitrogen and oxygen atoms in total.